The highest BCUT2D eigenvalue weighted by molar-refractivity contribution is 7.17. The Labute approximate surface area is 209 Å². The van der Waals surface area contributed by atoms with E-state index in [4.69, 9.17) is 9.84 Å². The second kappa shape index (κ2) is 9.40. The molecular formula is C25H30N6O3S. The highest BCUT2D eigenvalue weighted by Crippen LogP contribution is 2.34. The van der Waals surface area contributed by atoms with Gasteiger partial charge in [-0.2, -0.15) is 10.4 Å². The second-order valence-electron chi connectivity index (χ2n) is 10.1. The number of carbonyl (C=O) groups is 1. The second-order valence-corrected chi connectivity index (χ2v) is 11.1. The molecule has 3 aromatic rings. The van der Waals surface area contributed by atoms with Crippen molar-refractivity contribution in [1.82, 2.24) is 24.9 Å². The van der Waals surface area contributed by atoms with Gasteiger partial charge in [0.05, 0.1) is 17.4 Å². The number of benzene rings is 1. The van der Waals surface area contributed by atoms with Crippen LogP contribution in [0.1, 0.15) is 57.1 Å². The third kappa shape index (κ3) is 4.92. The number of nitrogens with zero attached hydrogens (tertiary/aromatic N) is 6. The maximum absolute atomic E-state index is 12.0. The lowest BCUT2D eigenvalue weighted by Gasteiger charge is -2.39. The molecule has 0 spiro atoms. The van der Waals surface area contributed by atoms with Crippen LogP contribution >= 0.6 is 11.3 Å². The third-order valence-corrected chi connectivity index (χ3v) is 6.99. The number of carboxylic acid groups (broad SMARTS) is 1. The number of aliphatic carboxylic acids is 1. The van der Waals surface area contributed by atoms with Gasteiger partial charge in [-0.05, 0) is 44.4 Å². The van der Waals surface area contributed by atoms with Gasteiger partial charge in [0.1, 0.15) is 22.9 Å². The van der Waals surface area contributed by atoms with Gasteiger partial charge in [-0.3, -0.25) is 9.69 Å². The van der Waals surface area contributed by atoms with E-state index in [1.807, 2.05) is 52.5 Å². The molecule has 0 fully saturated rings. The van der Waals surface area contributed by atoms with Crippen LogP contribution in [-0.2, 0) is 17.8 Å². The van der Waals surface area contributed by atoms with Crippen LogP contribution < -0.4 is 4.74 Å². The molecule has 1 atom stereocenters. The number of rotatable bonds is 6. The summed E-state index contributed by atoms with van der Waals surface area (Å²) in [5.74, 6) is -0.257. The monoisotopic (exact) mass is 494 g/mol. The van der Waals surface area contributed by atoms with Gasteiger partial charge in [0.2, 0.25) is 5.13 Å². The Morgan fingerprint density at radius 1 is 1.29 bits per heavy atom. The van der Waals surface area contributed by atoms with E-state index in [0.29, 0.717) is 41.0 Å². The van der Waals surface area contributed by atoms with Crippen molar-refractivity contribution in [1.29, 1.82) is 5.26 Å². The molecular weight excluding hydrogens is 464 g/mol. The summed E-state index contributed by atoms with van der Waals surface area (Å²) in [4.78, 5) is 14.0. The molecule has 0 bridgehead atoms. The zero-order valence-corrected chi connectivity index (χ0v) is 21.7. The smallest absolute Gasteiger partial charge is 0.321 e. The van der Waals surface area contributed by atoms with Crippen LogP contribution in [0.15, 0.2) is 18.2 Å². The molecule has 0 amide bonds. The minimum absolute atomic E-state index is 0.0278. The summed E-state index contributed by atoms with van der Waals surface area (Å²) in [5, 5.41) is 34.2. The topological polar surface area (TPSA) is 117 Å². The molecule has 10 heteroatoms. The van der Waals surface area contributed by atoms with Crippen LogP contribution in [0.2, 0.25) is 0 Å². The number of nitriles is 1. The Bertz CT molecular complexity index is 1300. The van der Waals surface area contributed by atoms with Crippen LogP contribution in [-0.4, -0.2) is 54.6 Å². The molecule has 0 saturated heterocycles. The van der Waals surface area contributed by atoms with Crippen molar-refractivity contribution < 1.29 is 14.6 Å². The maximum atomic E-state index is 12.0. The molecule has 1 unspecified atom stereocenters. The standard InChI is InChI=1S/C25H30N6O3S/c1-14(2)34-20-8-7-16(11-17(20)12-26)22-27-28-24(35-22)31-15(3)18-13-30(10-9-19(18)29-31)21(23(32)33)25(4,5)6/h7-8,11,14,21H,9-10,13H2,1-6H3,(H,32,33). The van der Waals surface area contributed by atoms with E-state index >= 15 is 0 Å². The first-order valence-electron chi connectivity index (χ1n) is 11.6. The summed E-state index contributed by atoms with van der Waals surface area (Å²) in [5.41, 5.74) is 3.80. The van der Waals surface area contributed by atoms with Crippen molar-refractivity contribution in [2.24, 2.45) is 5.41 Å². The number of aromatic nitrogens is 4. The van der Waals surface area contributed by atoms with Crippen LogP contribution in [0.4, 0.5) is 0 Å². The molecule has 0 saturated carbocycles. The normalized spacial score (nSPS) is 15.0. The number of ether oxygens (including phenoxy) is 1. The van der Waals surface area contributed by atoms with E-state index in [-0.39, 0.29) is 11.5 Å². The minimum atomic E-state index is -0.804. The number of fused-ring (bicyclic) bond motifs is 1. The van der Waals surface area contributed by atoms with Crippen LogP contribution in [0, 0.1) is 23.7 Å². The highest BCUT2D eigenvalue weighted by atomic mass is 32.1. The van der Waals surface area contributed by atoms with E-state index < -0.39 is 12.0 Å². The molecule has 184 valence electrons. The van der Waals surface area contributed by atoms with Gasteiger partial charge >= 0.3 is 5.97 Å². The lowest BCUT2D eigenvalue weighted by molar-refractivity contribution is -0.148. The Morgan fingerprint density at radius 2 is 2.03 bits per heavy atom. The first-order valence-corrected chi connectivity index (χ1v) is 12.4. The quantitative estimate of drug-likeness (QED) is 0.541. The number of hydrogen-bond acceptors (Lipinski definition) is 8. The molecule has 9 nitrogen and oxygen atoms in total. The average molecular weight is 495 g/mol. The van der Waals surface area contributed by atoms with Crippen molar-refractivity contribution in [2.75, 3.05) is 6.54 Å². The van der Waals surface area contributed by atoms with Gasteiger partial charge in [0.15, 0.2) is 0 Å². The average Bonchev–Trinajstić information content (AvgIpc) is 3.37. The summed E-state index contributed by atoms with van der Waals surface area (Å²) in [6.07, 6.45) is 0.650. The Morgan fingerprint density at radius 3 is 2.66 bits per heavy atom. The maximum Gasteiger partial charge on any atom is 0.321 e. The fourth-order valence-electron chi connectivity index (χ4n) is 4.54. The molecule has 3 heterocycles. The van der Waals surface area contributed by atoms with Crippen molar-refractivity contribution in [3.63, 3.8) is 0 Å². The fourth-order valence-corrected chi connectivity index (χ4v) is 5.38. The van der Waals surface area contributed by atoms with E-state index in [9.17, 15) is 15.2 Å². The highest BCUT2D eigenvalue weighted by Gasteiger charge is 2.39. The summed E-state index contributed by atoms with van der Waals surface area (Å²) in [7, 11) is 0. The molecule has 0 aliphatic carbocycles. The predicted molar refractivity (Wildman–Crippen MR) is 133 cm³/mol. The predicted octanol–water partition coefficient (Wildman–Crippen LogP) is 4.22. The van der Waals surface area contributed by atoms with E-state index in [2.05, 4.69) is 16.3 Å². The SMILES string of the molecule is Cc1c2c(nn1-c1nnc(-c3ccc(OC(C)C)c(C#N)c3)s1)CCN(C(C(=O)O)C(C)(C)C)C2. The van der Waals surface area contributed by atoms with Gasteiger partial charge in [-0.15, -0.1) is 10.2 Å². The van der Waals surface area contributed by atoms with E-state index in [1.165, 1.54) is 11.3 Å². The van der Waals surface area contributed by atoms with Crippen LogP contribution in [0.3, 0.4) is 0 Å². The fraction of sp³-hybridized carbons (Fsp3) is 0.480. The van der Waals surface area contributed by atoms with Gasteiger partial charge < -0.3 is 9.84 Å². The first kappa shape index (κ1) is 24.8. The lowest BCUT2D eigenvalue weighted by atomic mass is 9.84. The first-order chi connectivity index (χ1) is 16.5. The molecule has 2 aromatic heterocycles. The van der Waals surface area contributed by atoms with Gasteiger partial charge in [-0.1, -0.05) is 32.1 Å². The minimum Gasteiger partial charge on any atom is -0.490 e. The molecule has 1 aliphatic rings. The molecule has 0 radical (unpaired) electrons. The Kier molecular flexibility index (Phi) is 6.66. The van der Waals surface area contributed by atoms with E-state index in [1.54, 1.807) is 16.8 Å². The molecule has 1 aromatic carbocycles. The summed E-state index contributed by atoms with van der Waals surface area (Å²) < 4.78 is 7.51. The molecule has 4 rings (SSSR count). The molecule has 35 heavy (non-hydrogen) atoms. The summed E-state index contributed by atoms with van der Waals surface area (Å²) in [6, 6.07) is 7.04. The van der Waals surface area contributed by atoms with Crippen molar-refractivity contribution in [3.8, 4) is 27.5 Å². The number of carboxylic acids is 1. The van der Waals surface area contributed by atoms with Gasteiger partial charge in [0.25, 0.3) is 0 Å². The van der Waals surface area contributed by atoms with Crippen LogP contribution in [0.5, 0.6) is 5.75 Å². The van der Waals surface area contributed by atoms with E-state index in [0.717, 1.165) is 22.5 Å². The van der Waals surface area contributed by atoms with Gasteiger partial charge in [0, 0.05) is 36.3 Å². The number of hydrogen-bond donors (Lipinski definition) is 1. The molecule has 1 N–H and O–H groups in total. The third-order valence-electron chi connectivity index (χ3n) is 6.05. The van der Waals surface area contributed by atoms with Crippen molar-refractivity contribution >= 4 is 17.3 Å². The Hall–Kier alpha value is -3.29. The largest absolute Gasteiger partial charge is 0.490 e. The molecule has 1 aliphatic heterocycles. The lowest BCUT2D eigenvalue weighted by Crippen LogP contribution is -2.51. The Balaban J connectivity index is 1.62. The zero-order valence-electron chi connectivity index (χ0n) is 20.9. The van der Waals surface area contributed by atoms with Crippen molar-refractivity contribution in [3.05, 3.63) is 40.7 Å². The van der Waals surface area contributed by atoms with Crippen molar-refractivity contribution in [2.45, 2.75) is 66.7 Å². The zero-order chi connectivity index (χ0) is 25.5. The summed E-state index contributed by atoms with van der Waals surface area (Å²) >= 11 is 1.39. The van der Waals surface area contributed by atoms with Gasteiger partial charge in [-0.25, -0.2) is 4.68 Å². The van der Waals surface area contributed by atoms with Crippen LogP contribution in [0.25, 0.3) is 15.7 Å². The summed E-state index contributed by atoms with van der Waals surface area (Å²) in [6.45, 7) is 12.9.